The Hall–Kier alpha value is -1.40. The summed E-state index contributed by atoms with van der Waals surface area (Å²) in [6.07, 6.45) is 4.45. The van der Waals surface area contributed by atoms with Crippen LogP contribution in [0.25, 0.3) is 22.0 Å². The summed E-state index contributed by atoms with van der Waals surface area (Å²) < 4.78 is 0. The van der Waals surface area contributed by atoms with Gasteiger partial charge in [-0.25, -0.2) is 4.98 Å². The molecule has 0 atom stereocenters. The van der Waals surface area contributed by atoms with Gasteiger partial charge in [-0.15, -0.1) is 36.2 Å². The SMILES string of the molecule is CCc1[nH]c(-c2sccc2CO)nc1-c1cccnc1.Cl.Cl. The Morgan fingerprint density at radius 1 is 1.27 bits per heavy atom. The lowest BCUT2D eigenvalue weighted by atomic mass is 10.1. The fourth-order valence-corrected chi connectivity index (χ4v) is 3.04. The number of H-pyrrole nitrogens is 1. The van der Waals surface area contributed by atoms with Crippen LogP contribution in [0.1, 0.15) is 18.2 Å². The summed E-state index contributed by atoms with van der Waals surface area (Å²) >= 11 is 1.59. The predicted molar refractivity (Wildman–Crippen MR) is 94.9 cm³/mol. The molecule has 0 bridgehead atoms. The van der Waals surface area contributed by atoms with Gasteiger partial charge in [-0.2, -0.15) is 0 Å². The van der Waals surface area contributed by atoms with Gasteiger partial charge in [0.05, 0.1) is 17.2 Å². The topological polar surface area (TPSA) is 61.8 Å². The van der Waals surface area contributed by atoms with E-state index in [0.29, 0.717) is 0 Å². The van der Waals surface area contributed by atoms with Crippen molar-refractivity contribution in [3.05, 3.63) is 47.2 Å². The summed E-state index contributed by atoms with van der Waals surface area (Å²) in [5.74, 6) is 0.819. The number of aromatic nitrogens is 3. The predicted octanol–water partition coefficient (Wildman–Crippen LogP) is 4.10. The van der Waals surface area contributed by atoms with Gasteiger partial charge in [0.25, 0.3) is 0 Å². The van der Waals surface area contributed by atoms with Crippen molar-refractivity contribution in [2.75, 3.05) is 0 Å². The summed E-state index contributed by atoms with van der Waals surface area (Å²) in [6.45, 7) is 2.13. The van der Waals surface area contributed by atoms with E-state index in [4.69, 9.17) is 4.98 Å². The number of pyridine rings is 1. The molecule has 3 aromatic rings. The van der Waals surface area contributed by atoms with E-state index in [1.807, 2.05) is 29.8 Å². The van der Waals surface area contributed by atoms with Crippen LogP contribution in [-0.2, 0) is 13.0 Å². The van der Waals surface area contributed by atoms with Crippen LogP contribution >= 0.6 is 36.2 Å². The van der Waals surface area contributed by atoms with E-state index in [1.165, 1.54) is 0 Å². The largest absolute Gasteiger partial charge is 0.392 e. The zero-order valence-electron chi connectivity index (χ0n) is 11.9. The highest BCUT2D eigenvalue weighted by molar-refractivity contribution is 7.13. The summed E-state index contributed by atoms with van der Waals surface area (Å²) in [5.41, 5.74) is 3.94. The molecule has 0 fully saturated rings. The van der Waals surface area contributed by atoms with Crippen molar-refractivity contribution in [3.8, 4) is 22.0 Å². The van der Waals surface area contributed by atoms with Crippen LogP contribution in [0.2, 0.25) is 0 Å². The minimum atomic E-state index is 0. The van der Waals surface area contributed by atoms with Crippen LogP contribution in [0.15, 0.2) is 36.0 Å². The molecule has 7 heteroatoms. The molecule has 0 aliphatic rings. The van der Waals surface area contributed by atoms with Crippen LogP contribution < -0.4 is 0 Å². The molecule has 0 aliphatic heterocycles. The van der Waals surface area contributed by atoms with Gasteiger partial charge >= 0.3 is 0 Å². The van der Waals surface area contributed by atoms with Crippen molar-refractivity contribution < 1.29 is 5.11 Å². The van der Waals surface area contributed by atoms with Gasteiger partial charge in [0, 0.05) is 23.7 Å². The van der Waals surface area contributed by atoms with Gasteiger partial charge in [0.1, 0.15) is 5.82 Å². The smallest absolute Gasteiger partial charge is 0.148 e. The third-order valence-corrected chi connectivity index (χ3v) is 4.16. The molecule has 22 heavy (non-hydrogen) atoms. The van der Waals surface area contributed by atoms with Crippen LogP contribution in [0.3, 0.4) is 0 Å². The number of halogens is 2. The van der Waals surface area contributed by atoms with Gasteiger partial charge in [-0.05, 0) is 35.6 Å². The number of hydrogen-bond acceptors (Lipinski definition) is 4. The molecule has 2 N–H and O–H groups in total. The van der Waals surface area contributed by atoms with Crippen molar-refractivity contribution in [3.63, 3.8) is 0 Å². The molecule has 3 rings (SSSR count). The maximum Gasteiger partial charge on any atom is 0.148 e. The molecule has 0 saturated heterocycles. The highest BCUT2D eigenvalue weighted by atomic mass is 35.5. The van der Waals surface area contributed by atoms with Crippen molar-refractivity contribution >= 4 is 36.2 Å². The second-order valence-electron chi connectivity index (χ2n) is 4.44. The summed E-state index contributed by atoms with van der Waals surface area (Å²) in [6, 6.07) is 5.85. The molecule has 0 amide bonds. The van der Waals surface area contributed by atoms with Crippen LogP contribution in [0.4, 0.5) is 0 Å². The number of aliphatic hydroxyl groups is 1. The molecule has 0 unspecified atom stereocenters. The average molecular weight is 358 g/mol. The molecule has 0 saturated carbocycles. The number of rotatable bonds is 4. The summed E-state index contributed by atoms with van der Waals surface area (Å²) in [4.78, 5) is 13.2. The highest BCUT2D eigenvalue weighted by Gasteiger charge is 2.15. The quantitative estimate of drug-likeness (QED) is 0.738. The number of hydrogen-bond donors (Lipinski definition) is 2. The van der Waals surface area contributed by atoms with E-state index < -0.39 is 0 Å². The standard InChI is InChI=1S/C15H15N3OS.2ClH/c1-2-12-13(10-4-3-6-16-8-10)18-15(17-12)14-11(9-19)5-7-20-14;;/h3-8,19H,2,9H2,1H3,(H,17,18);2*1H. The van der Waals surface area contributed by atoms with Crippen LogP contribution in [0.5, 0.6) is 0 Å². The molecule has 0 spiro atoms. The van der Waals surface area contributed by atoms with Crippen LogP contribution in [0, 0.1) is 0 Å². The molecule has 0 radical (unpaired) electrons. The normalized spacial score (nSPS) is 9.91. The van der Waals surface area contributed by atoms with Gasteiger partial charge in [0.2, 0.25) is 0 Å². The van der Waals surface area contributed by atoms with Crippen molar-refractivity contribution in [1.29, 1.82) is 0 Å². The fourth-order valence-electron chi connectivity index (χ4n) is 2.18. The Bertz CT molecular complexity index is 713. The van der Waals surface area contributed by atoms with Gasteiger partial charge in [-0.1, -0.05) is 6.92 Å². The first-order chi connectivity index (χ1) is 9.83. The van der Waals surface area contributed by atoms with Crippen molar-refractivity contribution in [2.24, 2.45) is 0 Å². The molecular weight excluding hydrogens is 341 g/mol. The highest BCUT2D eigenvalue weighted by Crippen LogP contribution is 2.31. The Morgan fingerprint density at radius 3 is 2.73 bits per heavy atom. The van der Waals surface area contributed by atoms with Crippen molar-refractivity contribution in [1.82, 2.24) is 15.0 Å². The number of imidazole rings is 1. The summed E-state index contributed by atoms with van der Waals surface area (Å²) in [5, 5.41) is 11.3. The van der Waals surface area contributed by atoms with Crippen LogP contribution in [-0.4, -0.2) is 20.1 Å². The average Bonchev–Trinajstić information content (AvgIpc) is 3.13. The lowest BCUT2D eigenvalue weighted by Gasteiger charge is -1.98. The zero-order valence-corrected chi connectivity index (χ0v) is 14.4. The minimum Gasteiger partial charge on any atom is -0.392 e. The van der Waals surface area contributed by atoms with Gasteiger partial charge in [-0.3, -0.25) is 4.98 Å². The maximum atomic E-state index is 9.37. The second kappa shape index (κ2) is 8.29. The Labute approximate surface area is 145 Å². The lowest BCUT2D eigenvalue weighted by molar-refractivity contribution is 0.283. The number of nitrogens with one attached hydrogen (secondary N) is 1. The minimum absolute atomic E-state index is 0. The second-order valence-corrected chi connectivity index (χ2v) is 5.36. The molecule has 0 aromatic carbocycles. The first-order valence-electron chi connectivity index (χ1n) is 6.50. The summed E-state index contributed by atoms with van der Waals surface area (Å²) in [7, 11) is 0. The zero-order chi connectivity index (χ0) is 13.9. The third kappa shape index (κ3) is 3.50. The Morgan fingerprint density at radius 2 is 2.09 bits per heavy atom. The number of thiophene rings is 1. The van der Waals surface area contributed by atoms with E-state index in [2.05, 4.69) is 16.9 Å². The molecular formula is C15H17Cl2N3OS. The number of aromatic amines is 1. The molecule has 4 nitrogen and oxygen atoms in total. The maximum absolute atomic E-state index is 9.37. The van der Waals surface area contributed by atoms with E-state index in [0.717, 1.165) is 39.6 Å². The van der Waals surface area contributed by atoms with Crippen molar-refractivity contribution in [2.45, 2.75) is 20.0 Å². The Balaban J connectivity index is 0.00000121. The fraction of sp³-hybridized carbons (Fsp3) is 0.200. The number of aliphatic hydroxyl groups excluding tert-OH is 1. The first-order valence-corrected chi connectivity index (χ1v) is 7.38. The van der Waals surface area contributed by atoms with E-state index in [9.17, 15) is 5.11 Å². The number of nitrogens with zero attached hydrogens (tertiary/aromatic N) is 2. The van der Waals surface area contributed by atoms with E-state index >= 15 is 0 Å². The molecule has 118 valence electrons. The lowest BCUT2D eigenvalue weighted by Crippen LogP contribution is -1.86. The van der Waals surface area contributed by atoms with Gasteiger partial charge < -0.3 is 10.1 Å². The third-order valence-electron chi connectivity index (χ3n) is 3.20. The molecule has 0 aliphatic carbocycles. The molecule has 3 heterocycles. The van der Waals surface area contributed by atoms with E-state index in [-0.39, 0.29) is 31.4 Å². The molecule has 3 aromatic heterocycles. The van der Waals surface area contributed by atoms with Gasteiger partial charge in [0.15, 0.2) is 0 Å². The monoisotopic (exact) mass is 357 g/mol. The number of aryl methyl sites for hydroxylation is 1. The first kappa shape index (κ1) is 18.6. The van der Waals surface area contributed by atoms with E-state index in [1.54, 1.807) is 17.5 Å². The Kier molecular flexibility index (Phi) is 7.03.